The molecular weight excluding hydrogens is 330 g/mol. The number of rotatable bonds is 4. The summed E-state index contributed by atoms with van der Waals surface area (Å²) in [7, 11) is 0. The van der Waals surface area contributed by atoms with Crippen molar-refractivity contribution in [2.75, 3.05) is 5.32 Å². The van der Waals surface area contributed by atoms with Crippen LogP contribution in [-0.2, 0) is 4.74 Å². The van der Waals surface area contributed by atoms with Gasteiger partial charge in [-0.05, 0) is 63.6 Å². The normalized spacial score (nSPS) is 11.0. The lowest BCUT2D eigenvalue weighted by Crippen LogP contribution is -2.16. The number of pyridine rings is 1. The highest BCUT2D eigenvalue weighted by molar-refractivity contribution is 6.05. The zero-order valence-electron chi connectivity index (χ0n) is 15.2. The van der Waals surface area contributed by atoms with Gasteiger partial charge in [0.25, 0.3) is 5.91 Å². The van der Waals surface area contributed by atoms with Gasteiger partial charge in [0.05, 0.1) is 17.4 Å². The number of amides is 1. The van der Waals surface area contributed by atoms with E-state index in [2.05, 4.69) is 10.3 Å². The molecule has 0 bridgehead atoms. The van der Waals surface area contributed by atoms with Crippen molar-refractivity contribution < 1.29 is 14.3 Å². The number of hydrogen-bond acceptors (Lipinski definition) is 4. The summed E-state index contributed by atoms with van der Waals surface area (Å²) in [6.45, 7) is 7.36. The minimum absolute atomic E-state index is 0.204. The highest BCUT2D eigenvalue weighted by Crippen LogP contribution is 2.17. The van der Waals surface area contributed by atoms with E-state index in [1.54, 1.807) is 49.4 Å². The number of nitrogens with zero attached hydrogens (tertiary/aromatic N) is 2. The zero-order valence-corrected chi connectivity index (χ0v) is 15.2. The average molecular weight is 351 g/mol. The second kappa shape index (κ2) is 7.00. The van der Waals surface area contributed by atoms with E-state index in [9.17, 15) is 9.59 Å². The van der Waals surface area contributed by atoms with Gasteiger partial charge in [0.1, 0.15) is 11.3 Å². The Balaban J connectivity index is 1.87. The number of aromatic nitrogens is 2. The van der Waals surface area contributed by atoms with Crippen molar-refractivity contribution in [3.8, 4) is 0 Å². The molecule has 0 aliphatic carbocycles. The highest BCUT2D eigenvalue weighted by atomic mass is 16.5. The van der Waals surface area contributed by atoms with E-state index in [-0.39, 0.29) is 12.0 Å². The van der Waals surface area contributed by atoms with Gasteiger partial charge in [-0.2, -0.15) is 0 Å². The molecule has 0 atom stereocenters. The summed E-state index contributed by atoms with van der Waals surface area (Å²) in [5.74, 6) is -0.703. The van der Waals surface area contributed by atoms with E-state index in [4.69, 9.17) is 4.74 Å². The Morgan fingerprint density at radius 2 is 1.92 bits per heavy atom. The lowest BCUT2D eigenvalue weighted by atomic mass is 10.2. The number of nitrogens with one attached hydrogen (secondary N) is 1. The second-order valence-corrected chi connectivity index (χ2v) is 6.47. The number of ether oxygens (including phenoxy) is 1. The quantitative estimate of drug-likeness (QED) is 0.726. The number of fused-ring (bicyclic) bond motifs is 1. The maximum absolute atomic E-state index is 12.8. The Kier molecular flexibility index (Phi) is 4.75. The van der Waals surface area contributed by atoms with Gasteiger partial charge in [-0.1, -0.05) is 6.07 Å². The van der Waals surface area contributed by atoms with Crippen LogP contribution >= 0.6 is 0 Å². The van der Waals surface area contributed by atoms with Gasteiger partial charge in [-0.25, -0.2) is 9.78 Å². The van der Waals surface area contributed by atoms with Crippen LogP contribution in [0.2, 0.25) is 0 Å². The van der Waals surface area contributed by atoms with Gasteiger partial charge < -0.3 is 10.1 Å². The van der Waals surface area contributed by atoms with Crippen molar-refractivity contribution in [2.24, 2.45) is 0 Å². The number of esters is 1. The van der Waals surface area contributed by atoms with Crippen molar-refractivity contribution >= 4 is 23.2 Å². The summed E-state index contributed by atoms with van der Waals surface area (Å²) >= 11 is 0. The van der Waals surface area contributed by atoms with Gasteiger partial charge in [0.15, 0.2) is 0 Å². The van der Waals surface area contributed by atoms with Gasteiger partial charge in [-0.3, -0.25) is 9.20 Å². The molecule has 3 rings (SSSR count). The molecular formula is C20H21N3O3. The summed E-state index contributed by atoms with van der Waals surface area (Å²) in [4.78, 5) is 29.2. The molecule has 1 N–H and O–H groups in total. The molecule has 0 fully saturated rings. The van der Waals surface area contributed by atoms with Gasteiger partial charge in [0.2, 0.25) is 0 Å². The third-order valence-corrected chi connectivity index (χ3v) is 3.87. The molecule has 0 spiro atoms. The molecule has 1 amide bonds. The summed E-state index contributed by atoms with van der Waals surface area (Å²) in [6.07, 6.45) is 1.63. The van der Waals surface area contributed by atoms with Crippen LogP contribution in [0.1, 0.15) is 46.0 Å². The number of carbonyl (C=O) groups is 2. The van der Waals surface area contributed by atoms with Crippen LogP contribution in [-0.4, -0.2) is 27.4 Å². The van der Waals surface area contributed by atoms with E-state index >= 15 is 0 Å². The number of aryl methyl sites for hydroxylation is 2. The fourth-order valence-corrected chi connectivity index (χ4v) is 2.73. The molecule has 6 nitrogen and oxygen atoms in total. The second-order valence-electron chi connectivity index (χ2n) is 6.47. The third-order valence-electron chi connectivity index (χ3n) is 3.87. The Bertz CT molecular complexity index is 989. The fourth-order valence-electron chi connectivity index (χ4n) is 2.73. The van der Waals surface area contributed by atoms with Crippen molar-refractivity contribution in [1.82, 2.24) is 9.38 Å². The van der Waals surface area contributed by atoms with Crippen molar-refractivity contribution in [2.45, 2.75) is 33.8 Å². The zero-order chi connectivity index (χ0) is 18.8. The van der Waals surface area contributed by atoms with Gasteiger partial charge >= 0.3 is 5.97 Å². The third kappa shape index (κ3) is 3.59. The number of benzene rings is 1. The fraction of sp³-hybridized carbons (Fsp3) is 0.250. The number of anilines is 1. The first-order valence-electron chi connectivity index (χ1n) is 8.43. The van der Waals surface area contributed by atoms with Crippen molar-refractivity contribution in [3.63, 3.8) is 0 Å². The van der Waals surface area contributed by atoms with E-state index in [1.165, 1.54) is 0 Å². The monoisotopic (exact) mass is 351 g/mol. The Hall–Kier alpha value is -3.15. The lowest BCUT2D eigenvalue weighted by molar-refractivity contribution is 0.0377. The van der Waals surface area contributed by atoms with Crippen LogP contribution in [0, 0.1) is 13.8 Å². The summed E-state index contributed by atoms with van der Waals surface area (Å²) < 4.78 is 6.95. The molecule has 0 aliphatic rings. The first-order chi connectivity index (χ1) is 12.3. The molecule has 0 aliphatic heterocycles. The molecule has 2 aromatic heterocycles. The predicted molar refractivity (Wildman–Crippen MR) is 99.6 cm³/mol. The van der Waals surface area contributed by atoms with E-state index in [0.717, 1.165) is 11.2 Å². The molecule has 0 saturated carbocycles. The van der Waals surface area contributed by atoms with Gasteiger partial charge in [0, 0.05) is 11.9 Å². The molecule has 3 aromatic rings. The van der Waals surface area contributed by atoms with Crippen LogP contribution in [0.25, 0.3) is 5.65 Å². The molecule has 26 heavy (non-hydrogen) atoms. The molecule has 6 heteroatoms. The standard InChI is InChI=1S/C20H21N3O3/c1-12(2)26-20(25)15-6-5-7-16(11-15)22-19(24)18-14(4)21-17-10-13(3)8-9-23(17)18/h5-12H,1-4H3,(H,22,24). The minimum atomic E-state index is -0.419. The van der Waals surface area contributed by atoms with E-state index in [0.29, 0.717) is 22.6 Å². The summed E-state index contributed by atoms with van der Waals surface area (Å²) in [6, 6.07) is 10.5. The number of carbonyl (C=O) groups excluding carboxylic acids is 2. The Morgan fingerprint density at radius 3 is 2.65 bits per heavy atom. The van der Waals surface area contributed by atoms with E-state index in [1.807, 2.05) is 25.3 Å². The van der Waals surface area contributed by atoms with Crippen LogP contribution in [0.3, 0.4) is 0 Å². The molecule has 0 saturated heterocycles. The number of hydrogen-bond donors (Lipinski definition) is 1. The first kappa shape index (κ1) is 17.7. The summed E-state index contributed by atoms with van der Waals surface area (Å²) in [5.41, 5.74) is 3.82. The smallest absolute Gasteiger partial charge is 0.338 e. The Labute approximate surface area is 151 Å². The highest BCUT2D eigenvalue weighted by Gasteiger charge is 2.17. The molecule has 1 aromatic carbocycles. The topological polar surface area (TPSA) is 72.7 Å². The van der Waals surface area contributed by atoms with Gasteiger partial charge in [-0.15, -0.1) is 0 Å². The SMILES string of the molecule is Cc1ccn2c(C(=O)Nc3cccc(C(=O)OC(C)C)c3)c(C)nc2c1. The minimum Gasteiger partial charge on any atom is -0.459 e. The molecule has 0 unspecified atom stereocenters. The van der Waals surface area contributed by atoms with Crippen molar-refractivity contribution in [1.29, 1.82) is 0 Å². The summed E-state index contributed by atoms with van der Waals surface area (Å²) in [5, 5.41) is 2.83. The number of imidazole rings is 1. The van der Waals surface area contributed by atoms with Crippen LogP contribution in [0.15, 0.2) is 42.6 Å². The molecule has 2 heterocycles. The average Bonchev–Trinajstić information content (AvgIpc) is 2.89. The predicted octanol–water partition coefficient (Wildman–Crippen LogP) is 3.77. The van der Waals surface area contributed by atoms with Crippen molar-refractivity contribution in [3.05, 3.63) is 65.1 Å². The maximum Gasteiger partial charge on any atom is 0.338 e. The maximum atomic E-state index is 12.8. The van der Waals surface area contributed by atoms with Crippen LogP contribution in [0.4, 0.5) is 5.69 Å². The molecule has 0 radical (unpaired) electrons. The lowest BCUT2D eigenvalue weighted by Gasteiger charge is -2.10. The van der Waals surface area contributed by atoms with E-state index < -0.39 is 5.97 Å². The van der Waals surface area contributed by atoms with Crippen LogP contribution in [0.5, 0.6) is 0 Å². The first-order valence-corrected chi connectivity index (χ1v) is 8.43. The van der Waals surface area contributed by atoms with Crippen LogP contribution < -0.4 is 5.32 Å². The largest absolute Gasteiger partial charge is 0.459 e. The Morgan fingerprint density at radius 1 is 1.15 bits per heavy atom. The molecule has 134 valence electrons.